The first-order chi connectivity index (χ1) is 17.6. The first-order valence-corrected chi connectivity index (χ1v) is 11.8. The zero-order valence-electron chi connectivity index (χ0n) is 21.9. The molecular formula is C28H32N2O7. The summed E-state index contributed by atoms with van der Waals surface area (Å²) in [6.45, 7) is 6.38. The highest BCUT2D eigenvalue weighted by Gasteiger charge is 2.34. The number of nitrogens with zero attached hydrogens (tertiary/aromatic N) is 1. The van der Waals surface area contributed by atoms with Crippen LogP contribution in [0.15, 0.2) is 54.7 Å². The summed E-state index contributed by atoms with van der Waals surface area (Å²) < 4.78 is 23.1. The lowest BCUT2D eigenvalue weighted by Gasteiger charge is -2.24. The van der Waals surface area contributed by atoms with Crippen molar-refractivity contribution in [1.29, 1.82) is 0 Å². The minimum Gasteiger partial charge on any atom is -0.493 e. The fourth-order valence-electron chi connectivity index (χ4n) is 3.90. The summed E-state index contributed by atoms with van der Waals surface area (Å²) in [6.07, 6.45) is 1.77. The van der Waals surface area contributed by atoms with Gasteiger partial charge in [0, 0.05) is 25.2 Å². The minimum absolute atomic E-state index is 0.146. The standard InChI is InChI=1S/C28H32N2O7/c1-7-36-26(32)25-24(29-27(33)28(3,4)37-18(2)31)21(17-30(25)16-19-11-9-8-10-12-19)20-13-14-22(34-5)23(15-20)35-6/h8-15,17H,7,16H2,1-6H3,(H,29,33). The molecule has 0 atom stereocenters. The number of carbonyl (C=O) groups is 3. The molecule has 196 valence electrons. The molecule has 9 heteroatoms. The van der Waals surface area contributed by atoms with Gasteiger partial charge in [-0.3, -0.25) is 9.59 Å². The van der Waals surface area contributed by atoms with Gasteiger partial charge in [-0.1, -0.05) is 36.4 Å². The number of hydrogen-bond donors (Lipinski definition) is 1. The van der Waals surface area contributed by atoms with Crippen LogP contribution in [0.1, 0.15) is 43.7 Å². The van der Waals surface area contributed by atoms with E-state index in [9.17, 15) is 14.4 Å². The second kappa shape index (κ2) is 11.6. The van der Waals surface area contributed by atoms with Gasteiger partial charge in [-0.05, 0) is 44.0 Å². The molecule has 1 aromatic heterocycles. The number of methoxy groups -OCH3 is 2. The molecule has 9 nitrogen and oxygen atoms in total. The van der Waals surface area contributed by atoms with Crippen molar-refractivity contribution in [3.63, 3.8) is 0 Å². The highest BCUT2D eigenvalue weighted by Crippen LogP contribution is 2.39. The lowest BCUT2D eigenvalue weighted by atomic mass is 10.0. The number of benzene rings is 2. The molecule has 0 fully saturated rings. The van der Waals surface area contributed by atoms with Gasteiger partial charge >= 0.3 is 11.9 Å². The number of ether oxygens (including phenoxy) is 4. The van der Waals surface area contributed by atoms with Crippen LogP contribution in [0.2, 0.25) is 0 Å². The molecule has 1 heterocycles. The summed E-state index contributed by atoms with van der Waals surface area (Å²) in [7, 11) is 3.06. The van der Waals surface area contributed by atoms with Gasteiger partial charge in [-0.15, -0.1) is 0 Å². The van der Waals surface area contributed by atoms with Crippen molar-refractivity contribution in [2.24, 2.45) is 0 Å². The molecule has 0 aliphatic rings. The Bertz CT molecular complexity index is 1280. The molecule has 1 amide bonds. The van der Waals surface area contributed by atoms with E-state index in [1.54, 1.807) is 35.9 Å². The molecule has 37 heavy (non-hydrogen) atoms. The Balaban J connectivity index is 2.23. The van der Waals surface area contributed by atoms with Crippen LogP contribution in [0.25, 0.3) is 11.1 Å². The van der Waals surface area contributed by atoms with E-state index >= 15 is 0 Å². The van der Waals surface area contributed by atoms with Crippen molar-refractivity contribution in [1.82, 2.24) is 4.57 Å². The molecule has 3 rings (SSSR count). The average molecular weight is 509 g/mol. The quantitative estimate of drug-likeness (QED) is 0.397. The Labute approximate surface area is 216 Å². The Kier molecular flexibility index (Phi) is 8.60. The van der Waals surface area contributed by atoms with Crippen LogP contribution >= 0.6 is 0 Å². The van der Waals surface area contributed by atoms with Crippen molar-refractivity contribution in [3.05, 3.63) is 66.0 Å². The third kappa shape index (κ3) is 6.30. The van der Waals surface area contributed by atoms with Gasteiger partial charge < -0.3 is 28.8 Å². The SMILES string of the molecule is CCOC(=O)c1c(NC(=O)C(C)(C)OC(C)=O)c(-c2ccc(OC)c(OC)c2)cn1Cc1ccccc1. The first kappa shape index (κ1) is 27.3. The van der Waals surface area contributed by atoms with Crippen LogP contribution in [0.5, 0.6) is 11.5 Å². The Morgan fingerprint density at radius 3 is 2.24 bits per heavy atom. The van der Waals surface area contributed by atoms with Crippen LogP contribution < -0.4 is 14.8 Å². The topological polar surface area (TPSA) is 105 Å². The highest BCUT2D eigenvalue weighted by molar-refractivity contribution is 6.07. The maximum absolute atomic E-state index is 13.3. The summed E-state index contributed by atoms with van der Waals surface area (Å²) in [6, 6.07) is 14.9. The van der Waals surface area contributed by atoms with E-state index in [4.69, 9.17) is 18.9 Å². The monoisotopic (exact) mass is 508 g/mol. The van der Waals surface area contributed by atoms with Gasteiger partial charge in [0.2, 0.25) is 0 Å². The third-order valence-corrected chi connectivity index (χ3v) is 5.62. The first-order valence-electron chi connectivity index (χ1n) is 11.8. The van der Waals surface area contributed by atoms with Crippen molar-refractivity contribution in [2.45, 2.75) is 39.8 Å². The lowest BCUT2D eigenvalue weighted by Crippen LogP contribution is -2.41. The van der Waals surface area contributed by atoms with E-state index in [2.05, 4.69) is 5.32 Å². The van der Waals surface area contributed by atoms with Crippen LogP contribution in [-0.2, 0) is 25.6 Å². The van der Waals surface area contributed by atoms with Crippen molar-refractivity contribution >= 4 is 23.5 Å². The highest BCUT2D eigenvalue weighted by atomic mass is 16.6. The van der Waals surface area contributed by atoms with E-state index in [0.29, 0.717) is 29.2 Å². The smallest absolute Gasteiger partial charge is 0.357 e. The average Bonchev–Trinajstić information content (AvgIpc) is 3.21. The molecule has 2 aromatic carbocycles. The number of amides is 1. The number of carbonyl (C=O) groups excluding carboxylic acids is 3. The number of hydrogen-bond acceptors (Lipinski definition) is 7. The molecule has 0 saturated heterocycles. The van der Waals surface area contributed by atoms with Gasteiger partial charge in [0.05, 0.1) is 26.5 Å². The molecule has 0 saturated carbocycles. The predicted molar refractivity (Wildman–Crippen MR) is 139 cm³/mol. The maximum atomic E-state index is 13.3. The van der Waals surface area contributed by atoms with E-state index < -0.39 is 23.4 Å². The number of nitrogens with one attached hydrogen (secondary N) is 1. The summed E-state index contributed by atoms with van der Waals surface area (Å²) in [5.41, 5.74) is 1.05. The zero-order chi connectivity index (χ0) is 27.2. The fraction of sp³-hybridized carbons (Fsp3) is 0.321. The van der Waals surface area contributed by atoms with E-state index in [-0.39, 0.29) is 18.0 Å². The fourth-order valence-corrected chi connectivity index (χ4v) is 3.90. The van der Waals surface area contributed by atoms with Crippen LogP contribution in [0.4, 0.5) is 5.69 Å². The van der Waals surface area contributed by atoms with Gasteiger partial charge in [-0.25, -0.2) is 4.79 Å². The molecule has 0 radical (unpaired) electrons. The molecule has 1 N–H and O–H groups in total. The summed E-state index contributed by atoms with van der Waals surface area (Å²) >= 11 is 0. The normalized spacial score (nSPS) is 11.0. The zero-order valence-corrected chi connectivity index (χ0v) is 21.9. The summed E-state index contributed by atoms with van der Waals surface area (Å²) in [5.74, 6) is -0.807. The second-order valence-electron chi connectivity index (χ2n) is 8.73. The Hall–Kier alpha value is -4.27. The van der Waals surface area contributed by atoms with Gasteiger partial charge in [0.15, 0.2) is 22.8 Å². The summed E-state index contributed by atoms with van der Waals surface area (Å²) in [4.78, 5) is 38.1. The molecule has 0 aliphatic carbocycles. The maximum Gasteiger partial charge on any atom is 0.357 e. The predicted octanol–water partition coefficient (Wildman–Crippen LogP) is 4.68. The molecule has 0 aliphatic heterocycles. The van der Waals surface area contributed by atoms with E-state index in [0.717, 1.165) is 5.56 Å². The molecule has 0 unspecified atom stereocenters. The molecule has 3 aromatic rings. The minimum atomic E-state index is -1.49. The van der Waals surface area contributed by atoms with Crippen LogP contribution in [0, 0.1) is 0 Å². The Morgan fingerprint density at radius 1 is 0.973 bits per heavy atom. The molecule has 0 bridgehead atoms. The number of rotatable bonds is 10. The van der Waals surface area contributed by atoms with Crippen molar-refractivity contribution < 1.29 is 33.3 Å². The van der Waals surface area contributed by atoms with Gasteiger partial charge in [-0.2, -0.15) is 0 Å². The van der Waals surface area contributed by atoms with Gasteiger partial charge in [0.25, 0.3) is 5.91 Å². The van der Waals surface area contributed by atoms with E-state index in [1.165, 1.54) is 35.0 Å². The molecular weight excluding hydrogens is 476 g/mol. The Morgan fingerprint density at radius 2 is 1.65 bits per heavy atom. The van der Waals surface area contributed by atoms with Crippen molar-refractivity contribution in [3.8, 4) is 22.6 Å². The second-order valence-corrected chi connectivity index (χ2v) is 8.73. The van der Waals surface area contributed by atoms with Gasteiger partial charge in [0.1, 0.15) is 0 Å². The van der Waals surface area contributed by atoms with Crippen LogP contribution in [-0.4, -0.2) is 48.8 Å². The molecule has 0 spiro atoms. The largest absolute Gasteiger partial charge is 0.493 e. The number of esters is 2. The number of anilines is 1. The summed E-state index contributed by atoms with van der Waals surface area (Å²) in [5, 5.41) is 2.82. The van der Waals surface area contributed by atoms with Crippen molar-refractivity contribution in [2.75, 3.05) is 26.1 Å². The third-order valence-electron chi connectivity index (χ3n) is 5.62. The van der Waals surface area contributed by atoms with E-state index in [1.807, 2.05) is 30.3 Å². The number of aromatic nitrogens is 1. The van der Waals surface area contributed by atoms with Crippen LogP contribution in [0.3, 0.4) is 0 Å². The lowest BCUT2D eigenvalue weighted by molar-refractivity contribution is -0.160.